The molecule has 2 aromatic heterocycles. The summed E-state index contributed by atoms with van der Waals surface area (Å²) in [5.74, 6) is 0. The molecule has 2 N–H and O–H groups in total. The Morgan fingerprint density at radius 1 is 0.725 bits per heavy atom. The van der Waals surface area contributed by atoms with Gasteiger partial charge in [0.15, 0.2) is 0 Å². The Hall–Kier alpha value is -4.51. The number of nitrogens with zero attached hydrogens (tertiary/aromatic N) is 4. The van der Waals surface area contributed by atoms with Crippen LogP contribution < -0.4 is 31.9 Å². The van der Waals surface area contributed by atoms with Crippen molar-refractivity contribution in [3.63, 3.8) is 0 Å². The topological polar surface area (TPSA) is 116 Å². The highest BCUT2D eigenvalue weighted by molar-refractivity contribution is 7.80. The lowest BCUT2D eigenvalue weighted by Gasteiger charge is -2.20. The number of thiocarbonyl (C=S) groups is 1. The number of hydrogen-bond acceptors (Lipinski definition) is 9. The number of hydrazone groups is 2. The van der Waals surface area contributed by atoms with Gasteiger partial charge in [0.05, 0.1) is 23.6 Å². The van der Waals surface area contributed by atoms with Crippen molar-refractivity contribution in [2.45, 2.75) is 27.7 Å². The fraction of sp³-hybridized carbons (Fsp3) is 0.276. The van der Waals surface area contributed by atoms with Gasteiger partial charge in [0.1, 0.15) is 11.2 Å². The minimum atomic E-state index is -0.515. The lowest BCUT2D eigenvalue weighted by atomic mass is 10.1. The molecule has 0 aliphatic heterocycles. The van der Waals surface area contributed by atoms with Crippen LogP contribution in [0.4, 0.5) is 11.4 Å². The lowest BCUT2D eigenvalue weighted by molar-refractivity contribution is 0.559. The van der Waals surface area contributed by atoms with Gasteiger partial charge in [0, 0.05) is 60.5 Å². The summed E-state index contributed by atoms with van der Waals surface area (Å²) >= 11 is 5.17. The van der Waals surface area contributed by atoms with E-state index in [1.165, 1.54) is 12.4 Å². The number of fused-ring (bicyclic) bond motifs is 2. The van der Waals surface area contributed by atoms with E-state index in [1.807, 2.05) is 36.4 Å². The molecule has 0 amide bonds. The molecule has 208 valence electrons. The van der Waals surface area contributed by atoms with Crippen molar-refractivity contribution >= 4 is 63.1 Å². The predicted molar refractivity (Wildman–Crippen MR) is 166 cm³/mol. The summed E-state index contributed by atoms with van der Waals surface area (Å²) in [7, 11) is 0. The maximum absolute atomic E-state index is 12.5. The molecule has 0 saturated carbocycles. The van der Waals surface area contributed by atoms with E-state index in [0.717, 1.165) is 48.3 Å². The molecule has 0 unspecified atom stereocenters. The SMILES string of the molecule is CCN(CC)c1ccc2cc(/C=N/NC(=S)N/N=C/c3cc4ccc(N(CC)CC)cc4oc3=O)c(=O)oc2c1. The summed E-state index contributed by atoms with van der Waals surface area (Å²) in [5.41, 5.74) is 7.67. The highest BCUT2D eigenvalue weighted by atomic mass is 32.1. The molecule has 4 aromatic rings. The highest BCUT2D eigenvalue weighted by Crippen LogP contribution is 2.22. The summed E-state index contributed by atoms with van der Waals surface area (Å²) in [6.45, 7) is 11.7. The van der Waals surface area contributed by atoms with E-state index in [4.69, 9.17) is 21.1 Å². The van der Waals surface area contributed by atoms with Gasteiger partial charge in [-0.2, -0.15) is 10.2 Å². The minimum absolute atomic E-state index is 0.0654. The number of rotatable bonds is 10. The first-order valence-electron chi connectivity index (χ1n) is 13.1. The van der Waals surface area contributed by atoms with E-state index in [9.17, 15) is 9.59 Å². The minimum Gasteiger partial charge on any atom is -0.422 e. The third kappa shape index (κ3) is 6.55. The highest BCUT2D eigenvalue weighted by Gasteiger charge is 2.09. The van der Waals surface area contributed by atoms with Crippen LogP contribution >= 0.6 is 12.2 Å². The average molecular weight is 561 g/mol. The van der Waals surface area contributed by atoms with Crippen molar-refractivity contribution < 1.29 is 8.83 Å². The van der Waals surface area contributed by atoms with E-state index in [-0.39, 0.29) is 16.2 Å². The Morgan fingerprint density at radius 2 is 1.12 bits per heavy atom. The molecule has 0 aliphatic rings. The molecule has 0 aliphatic carbocycles. The second-order valence-electron chi connectivity index (χ2n) is 8.84. The van der Waals surface area contributed by atoms with E-state index in [0.29, 0.717) is 11.2 Å². The van der Waals surface area contributed by atoms with Gasteiger partial charge in [0.25, 0.3) is 0 Å². The molecule has 11 heteroatoms. The standard InChI is InChI=1S/C29H32N6O4S/c1-5-34(6-2)23-11-9-19-13-21(27(36)38-25(19)15-23)17-30-32-29(40)33-31-18-22-14-20-10-12-24(35(7-3)8-4)16-26(20)39-28(22)37/h9-18H,5-8H2,1-4H3,(H2,32,33,40)/b30-17+,31-18+. The van der Waals surface area contributed by atoms with Gasteiger partial charge in [-0.3, -0.25) is 10.9 Å². The number of hydrogen-bond donors (Lipinski definition) is 2. The fourth-order valence-corrected chi connectivity index (χ4v) is 4.43. The molecule has 0 bridgehead atoms. The molecule has 40 heavy (non-hydrogen) atoms. The van der Waals surface area contributed by atoms with Gasteiger partial charge in [0.2, 0.25) is 5.11 Å². The van der Waals surface area contributed by atoms with Crippen molar-refractivity contribution in [2.75, 3.05) is 36.0 Å². The van der Waals surface area contributed by atoms with Crippen LogP contribution in [0.2, 0.25) is 0 Å². The second-order valence-corrected chi connectivity index (χ2v) is 9.24. The van der Waals surface area contributed by atoms with Crippen molar-refractivity contribution in [3.05, 3.63) is 80.5 Å². The molecule has 2 heterocycles. The first-order valence-corrected chi connectivity index (χ1v) is 13.5. The molecule has 2 aromatic carbocycles. The molecule has 0 saturated heterocycles. The van der Waals surface area contributed by atoms with E-state index >= 15 is 0 Å². The summed E-state index contributed by atoms with van der Waals surface area (Å²) in [6.07, 6.45) is 2.65. The van der Waals surface area contributed by atoms with Crippen molar-refractivity contribution in [3.8, 4) is 0 Å². The van der Waals surface area contributed by atoms with E-state index in [1.54, 1.807) is 12.1 Å². The Labute approximate surface area is 237 Å². The van der Waals surface area contributed by atoms with Crippen LogP contribution in [0.3, 0.4) is 0 Å². The fourth-order valence-electron chi connectivity index (χ4n) is 4.33. The first-order chi connectivity index (χ1) is 19.4. The predicted octanol–water partition coefficient (Wildman–Crippen LogP) is 4.42. The molecular formula is C29H32N6O4S. The van der Waals surface area contributed by atoms with Crippen molar-refractivity contribution in [2.24, 2.45) is 10.2 Å². The van der Waals surface area contributed by atoms with Crippen LogP contribution in [0.5, 0.6) is 0 Å². The van der Waals surface area contributed by atoms with Gasteiger partial charge in [-0.1, -0.05) is 0 Å². The molecule has 10 nitrogen and oxygen atoms in total. The number of benzene rings is 2. The van der Waals surface area contributed by atoms with Crippen molar-refractivity contribution in [1.29, 1.82) is 0 Å². The Bertz CT molecular complexity index is 1560. The van der Waals surface area contributed by atoms with Gasteiger partial charge >= 0.3 is 11.3 Å². The van der Waals surface area contributed by atoms with Crippen LogP contribution in [0, 0.1) is 0 Å². The quantitative estimate of drug-likeness (QED) is 0.126. The third-order valence-corrected chi connectivity index (χ3v) is 6.67. The second kappa shape index (κ2) is 13.0. The number of anilines is 2. The Balaban J connectivity index is 1.39. The lowest BCUT2D eigenvalue weighted by Crippen LogP contribution is -2.28. The van der Waals surface area contributed by atoms with Gasteiger partial charge in [-0.15, -0.1) is 0 Å². The summed E-state index contributed by atoms with van der Waals surface area (Å²) in [4.78, 5) is 29.2. The Morgan fingerprint density at radius 3 is 1.50 bits per heavy atom. The third-order valence-electron chi connectivity index (χ3n) is 6.49. The molecule has 0 fully saturated rings. The van der Waals surface area contributed by atoms with Crippen LogP contribution in [0.15, 0.2) is 77.2 Å². The van der Waals surface area contributed by atoms with Crippen LogP contribution in [0.1, 0.15) is 38.8 Å². The maximum atomic E-state index is 12.5. The average Bonchev–Trinajstić information content (AvgIpc) is 2.95. The Kier molecular flexibility index (Phi) is 9.28. The molecule has 0 radical (unpaired) electrons. The largest absolute Gasteiger partial charge is 0.422 e. The zero-order chi connectivity index (χ0) is 28.6. The van der Waals surface area contributed by atoms with Gasteiger partial charge < -0.3 is 18.6 Å². The molecule has 4 rings (SSSR count). The normalized spacial score (nSPS) is 11.5. The summed E-state index contributed by atoms with van der Waals surface area (Å²) < 4.78 is 11.0. The van der Waals surface area contributed by atoms with E-state index < -0.39 is 11.3 Å². The smallest absolute Gasteiger partial charge is 0.345 e. The first kappa shape index (κ1) is 28.5. The zero-order valence-electron chi connectivity index (χ0n) is 22.9. The monoisotopic (exact) mass is 560 g/mol. The molecular weight excluding hydrogens is 528 g/mol. The van der Waals surface area contributed by atoms with E-state index in [2.05, 4.69) is 58.5 Å². The summed E-state index contributed by atoms with van der Waals surface area (Å²) in [5, 5.41) is 9.62. The van der Waals surface area contributed by atoms with Gasteiger partial charge in [-0.25, -0.2) is 9.59 Å². The van der Waals surface area contributed by atoms with Gasteiger partial charge in [-0.05, 0) is 76.3 Å². The van der Waals surface area contributed by atoms with Crippen LogP contribution in [-0.4, -0.2) is 43.7 Å². The van der Waals surface area contributed by atoms with Crippen LogP contribution in [0.25, 0.3) is 21.9 Å². The maximum Gasteiger partial charge on any atom is 0.345 e. The number of nitrogens with one attached hydrogen (secondary N) is 2. The molecule has 0 spiro atoms. The summed E-state index contributed by atoms with van der Waals surface area (Å²) in [6, 6.07) is 14.9. The van der Waals surface area contributed by atoms with Crippen LogP contribution in [-0.2, 0) is 0 Å². The zero-order valence-corrected chi connectivity index (χ0v) is 23.7. The van der Waals surface area contributed by atoms with Crippen molar-refractivity contribution in [1.82, 2.24) is 10.9 Å². The molecule has 0 atom stereocenters.